The van der Waals surface area contributed by atoms with Crippen molar-refractivity contribution in [1.82, 2.24) is 9.62 Å². The van der Waals surface area contributed by atoms with Gasteiger partial charge in [-0.05, 0) is 31.0 Å². The summed E-state index contributed by atoms with van der Waals surface area (Å²) in [6, 6.07) is 4.84. The maximum Gasteiger partial charge on any atom is 0.254 e. The number of nitrogens with one attached hydrogen (secondary N) is 1. The molecule has 0 aromatic heterocycles. The van der Waals surface area contributed by atoms with E-state index in [0.717, 1.165) is 19.1 Å². The zero-order valence-corrected chi connectivity index (χ0v) is 13.1. The van der Waals surface area contributed by atoms with E-state index < -0.39 is 10.0 Å². The predicted octanol–water partition coefficient (Wildman–Crippen LogP) is 0.569. The summed E-state index contributed by atoms with van der Waals surface area (Å²) in [6.45, 7) is 1.16. The molecule has 1 amide bonds. The number of nitrogens with zero attached hydrogens (tertiary/aromatic N) is 1. The van der Waals surface area contributed by atoms with Crippen LogP contribution in [0.3, 0.4) is 0 Å². The van der Waals surface area contributed by atoms with E-state index in [1.165, 1.54) is 0 Å². The second kappa shape index (κ2) is 5.77. The van der Waals surface area contributed by atoms with Crippen LogP contribution >= 0.6 is 0 Å². The van der Waals surface area contributed by atoms with Gasteiger partial charge in [0, 0.05) is 24.7 Å². The molecule has 0 spiro atoms. The van der Waals surface area contributed by atoms with Gasteiger partial charge in [-0.15, -0.1) is 0 Å². The second-order valence-corrected chi connectivity index (χ2v) is 7.33. The van der Waals surface area contributed by atoms with Crippen LogP contribution in [0.2, 0.25) is 0 Å². The molecule has 3 rings (SSSR count). The molecule has 1 fully saturated rings. The summed E-state index contributed by atoms with van der Waals surface area (Å²) in [4.78, 5) is 14.2. The maximum atomic E-state index is 12.6. The number of amides is 1. The third kappa shape index (κ3) is 3.33. The Hall–Kier alpha value is -1.80. The van der Waals surface area contributed by atoms with Gasteiger partial charge in [-0.2, -0.15) is 0 Å². The van der Waals surface area contributed by atoms with Gasteiger partial charge >= 0.3 is 0 Å². The number of piperidine rings is 1. The van der Waals surface area contributed by atoms with E-state index >= 15 is 0 Å². The smallest absolute Gasteiger partial charge is 0.254 e. The molecule has 0 unspecified atom stereocenters. The molecule has 2 aliphatic heterocycles. The van der Waals surface area contributed by atoms with Gasteiger partial charge in [-0.3, -0.25) is 4.79 Å². The van der Waals surface area contributed by atoms with Gasteiger partial charge < -0.3 is 14.4 Å². The van der Waals surface area contributed by atoms with Crippen molar-refractivity contribution in [3.63, 3.8) is 0 Å². The number of carbonyl (C=O) groups excluding carboxylic acids is 1. The third-order valence-electron chi connectivity index (χ3n) is 3.71. The minimum absolute atomic E-state index is 0.127. The number of likely N-dealkylation sites (tertiary alicyclic amines) is 1. The average Bonchev–Trinajstić information content (AvgIpc) is 2.92. The van der Waals surface area contributed by atoms with Crippen molar-refractivity contribution in [2.24, 2.45) is 0 Å². The van der Waals surface area contributed by atoms with Crippen LogP contribution in [-0.4, -0.2) is 51.4 Å². The van der Waals surface area contributed by atoms with Crippen LogP contribution in [0, 0.1) is 0 Å². The molecule has 1 atom stereocenters. The molecule has 0 bridgehead atoms. The molecule has 2 aliphatic rings. The maximum absolute atomic E-state index is 12.6. The van der Waals surface area contributed by atoms with E-state index in [0.29, 0.717) is 30.2 Å². The molecule has 0 aliphatic carbocycles. The Morgan fingerprint density at radius 3 is 2.86 bits per heavy atom. The standard InChI is InChI=1S/C14H18N2O5S/c1-22(18,19)15-11-3-2-6-16(8-11)14(17)10-4-5-12-13(7-10)21-9-20-12/h4-5,7,11,15H,2-3,6,8-9H2,1H3/t11-/m1/s1. The second-order valence-electron chi connectivity index (χ2n) is 5.55. The molecular formula is C14H18N2O5S. The lowest BCUT2D eigenvalue weighted by atomic mass is 10.1. The number of hydrogen-bond acceptors (Lipinski definition) is 5. The Kier molecular flexibility index (Phi) is 3.96. The fourth-order valence-corrected chi connectivity index (χ4v) is 3.57. The third-order valence-corrected chi connectivity index (χ3v) is 4.47. The van der Waals surface area contributed by atoms with E-state index in [-0.39, 0.29) is 18.7 Å². The number of fused-ring (bicyclic) bond motifs is 1. The molecule has 1 saturated heterocycles. The van der Waals surface area contributed by atoms with Gasteiger partial charge in [0.15, 0.2) is 11.5 Å². The molecule has 1 aromatic carbocycles. The summed E-state index contributed by atoms with van der Waals surface area (Å²) in [5.74, 6) is 1.07. The van der Waals surface area contributed by atoms with Gasteiger partial charge in [0.05, 0.1) is 6.26 Å². The highest BCUT2D eigenvalue weighted by Gasteiger charge is 2.27. The van der Waals surface area contributed by atoms with Crippen LogP contribution in [0.4, 0.5) is 0 Å². The molecular weight excluding hydrogens is 308 g/mol. The number of rotatable bonds is 3. The predicted molar refractivity (Wildman–Crippen MR) is 79.5 cm³/mol. The highest BCUT2D eigenvalue weighted by molar-refractivity contribution is 7.88. The first-order chi connectivity index (χ1) is 10.4. The van der Waals surface area contributed by atoms with Crippen LogP contribution in [0.5, 0.6) is 11.5 Å². The Balaban J connectivity index is 1.71. The molecule has 0 saturated carbocycles. The van der Waals surface area contributed by atoms with Gasteiger partial charge in [0.25, 0.3) is 5.91 Å². The fraction of sp³-hybridized carbons (Fsp3) is 0.500. The summed E-state index contributed by atoms with van der Waals surface area (Å²) in [6.07, 6.45) is 2.63. The molecule has 8 heteroatoms. The summed E-state index contributed by atoms with van der Waals surface area (Å²) in [5.41, 5.74) is 0.518. The zero-order chi connectivity index (χ0) is 15.7. The largest absolute Gasteiger partial charge is 0.454 e. The highest BCUT2D eigenvalue weighted by atomic mass is 32.2. The van der Waals surface area contributed by atoms with E-state index in [1.807, 2.05) is 0 Å². The van der Waals surface area contributed by atoms with E-state index in [4.69, 9.17) is 9.47 Å². The molecule has 1 N–H and O–H groups in total. The Morgan fingerprint density at radius 2 is 2.09 bits per heavy atom. The van der Waals surface area contributed by atoms with Crippen molar-refractivity contribution in [3.8, 4) is 11.5 Å². The summed E-state index contributed by atoms with van der Waals surface area (Å²) in [5, 5.41) is 0. The lowest BCUT2D eigenvalue weighted by Gasteiger charge is -2.32. The quantitative estimate of drug-likeness (QED) is 0.878. The van der Waals surface area contributed by atoms with E-state index in [1.54, 1.807) is 23.1 Å². The normalized spacial score (nSPS) is 21.0. The number of ether oxygens (including phenoxy) is 2. The van der Waals surface area contributed by atoms with Gasteiger partial charge in [0.2, 0.25) is 16.8 Å². The minimum atomic E-state index is -3.27. The first-order valence-corrected chi connectivity index (χ1v) is 8.98. The van der Waals surface area contributed by atoms with Crippen molar-refractivity contribution < 1.29 is 22.7 Å². The molecule has 0 radical (unpaired) electrons. The molecule has 2 heterocycles. The van der Waals surface area contributed by atoms with Gasteiger partial charge in [-0.25, -0.2) is 13.1 Å². The molecule has 1 aromatic rings. The van der Waals surface area contributed by atoms with Gasteiger partial charge in [-0.1, -0.05) is 0 Å². The van der Waals surface area contributed by atoms with Crippen molar-refractivity contribution >= 4 is 15.9 Å². The van der Waals surface area contributed by atoms with Gasteiger partial charge in [0.1, 0.15) is 0 Å². The minimum Gasteiger partial charge on any atom is -0.454 e. The lowest BCUT2D eigenvalue weighted by molar-refractivity contribution is 0.0702. The Bertz CT molecular complexity index is 688. The van der Waals surface area contributed by atoms with Crippen molar-refractivity contribution in [2.45, 2.75) is 18.9 Å². The Labute approximate surface area is 129 Å². The topological polar surface area (TPSA) is 84.9 Å². The Morgan fingerprint density at radius 1 is 1.32 bits per heavy atom. The summed E-state index contributed by atoms with van der Waals surface area (Å²) in [7, 11) is -3.27. The lowest BCUT2D eigenvalue weighted by Crippen LogP contribution is -2.49. The zero-order valence-electron chi connectivity index (χ0n) is 12.2. The van der Waals surface area contributed by atoms with Crippen LogP contribution in [0.1, 0.15) is 23.2 Å². The monoisotopic (exact) mass is 326 g/mol. The SMILES string of the molecule is CS(=O)(=O)N[C@@H]1CCCN(C(=O)c2ccc3c(c2)OCO3)C1. The number of sulfonamides is 1. The first-order valence-electron chi connectivity index (χ1n) is 7.08. The van der Waals surface area contributed by atoms with Crippen LogP contribution in [0.25, 0.3) is 0 Å². The fourth-order valence-electron chi connectivity index (χ4n) is 2.77. The first kappa shape index (κ1) is 15.1. The number of carbonyl (C=O) groups is 1. The van der Waals surface area contributed by atoms with E-state index in [2.05, 4.69) is 4.72 Å². The molecule has 7 nitrogen and oxygen atoms in total. The van der Waals surface area contributed by atoms with Crippen LogP contribution < -0.4 is 14.2 Å². The van der Waals surface area contributed by atoms with Crippen LogP contribution in [-0.2, 0) is 10.0 Å². The van der Waals surface area contributed by atoms with E-state index in [9.17, 15) is 13.2 Å². The highest BCUT2D eigenvalue weighted by Crippen LogP contribution is 2.33. The summed E-state index contributed by atoms with van der Waals surface area (Å²) < 4.78 is 35.7. The van der Waals surface area contributed by atoms with Crippen molar-refractivity contribution in [3.05, 3.63) is 23.8 Å². The number of hydrogen-bond donors (Lipinski definition) is 1. The average molecular weight is 326 g/mol. The van der Waals surface area contributed by atoms with Crippen LogP contribution in [0.15, 0.2) is 18.2 Å². The molecule has 120 valence electrons. The van der Waals surface area contributed by atoms with Crippen molar-refractivity contribution in [1.29, 1.82) is 0 Å². The molecule has 22 heavy (non-hydrogen) atoms. The summed E-state index contributed by atoms with van der Waals surface area (Å²) >= 11 is 0. The van der Waals surface area contributed by atoms with Crippen molar-refractivity contribution in [2.75, 3.05) is 26.1 Å². The number of benzene rings is 1.